The van der Waals surface area contributed by atoms with Crippen LogP contribution in [0.15, 0.2) is 60.7 Å². The Morgan fingerprint density at radius 1 is 0.952 bits per heavy atom. The SMILES string of the molecule is CC(C(=O)NO)C(=O)N(c1ccccc1)c1ccccc1. The fourth-order valence-corrected chi connectivity index (χ4v) is 1.96. The zero-order valence-corrected chi connectivity index (χ0v) is 11.6. The minimum atomic E-state index is -1.00. The summed E-state index contributed by atoms with van der Waals surface area (Å²) >= 11 is 0. The van der Waals surface area contributed by atoms with Gasteiger partial charge in [0.1, 0.15) is 5.92 Å². The molecule has 1 atom stereocenters. The van der Waals surface area contributed by atoms with E-state index >= 15 is 0 Å². The number of amides is 2. The molecule has 0 heterocycles. The average molecular weight is 284 g/mol. The first-order chi connectivity index (χ1) is 10.1. The van der Waals surface area contributed by atoms with Crippen molar-refractivity contribution in [3.63, 3.8) is 0 Å². The number of hydrogen-bond acceptors (Lipinski definition) is 3. The molecule has 0 spiro atoms. The first-order valence-corrected chi connectivity index (χ1v) is 6.53. The van der Waals surface area contributed by atoms with E-state index in [9.17, 15) is 9.59 Å². The van der Waals surface area contributed by atoms with E-state index in [4.69, 9.17) is 5.21 Å². The number of anilines is 2. The van der Waals surface area contributed by atoms with Crippen LogP contribution in [0.1, 0.15) is 6.92 Å². The summed E-state index contributed by atoms with van der Waals surface area (Å²) in [4.78, 5) is 25.6. The topological polar surface area (TPSA) is 69.6 Å². The molecule has 1 unspecified atom stereocenters. The fourth-order valence-electron chi connectivity index (χ4n) is 1.96. The van der Waals surface area contributed by atoms with Gasteiger partial charge in [0.25, 0.3) is 5.91 Å². The van der Waals surface area contributed by atoms with E-state index < -0.39 is 17.7 Å². The fraction of sp³-hybridized carbons (Fsp3) is 0.125. The molecular weight excluding hydrogens is 268 g/mol. The van der Waals surface area contributed by atoms with Gasteiger partial charge in [0.05, 0.1) is 0 Å². The lowest BCUT2D eigenvalue weighted by Crippen LogP contribution is -2.39. The van der Waals surface area contributed by atoms with Gasteiger partial charge in [-0.15, -0.1) is 0 Å². The van der Waals surface area contributed by atoms with Crippen LogP contribution in [0.4, 0.5) is 11.4 Å². The van der Waals surface area contributed by atoms with Crippen molar-refractivity contribution in [1.82, 2.24) is 5.48 Å². The van der Waals surface area contributed by atoms with Crippen LogP contribution in [0.5, 0.6) is 0 Å². The molecule has 5 nitrogen and oxygen atoms in total. The van der Waals surface area contributed by atoms with Gasteiger partial charge in [-0.2, -0.15) is 0 Å². The van der Waals surface area contributed by atoms with Crippen molar-refractivity contribution in [3.05, 3.63) is 60.7 Å². The molecule has 108 valence electrons. The van der Waals surface area contributed by atoms with Crippen molar-refractivity contribution in [1.29, 1.82) is 0 Å². The molecule has 0 aromatic heterocycles. The molecule has 0 aliphatic carbocycles. The van der Waals surface area contributed by atoms with Gasteiger partial charge >= 0.3 is 0 Å². The lowest BCUT2D eigenvalue weighted by Gasteiger charge is -2.25. The van der Waals surface area contributed by atoms with E-state index in [-0.39, 0.29) is 0 Å². The van der Waals surface area contributed by atoms with Gasteiger partial charge in [0.15, 0.2) is 0 Å². The van der Waals surface area contributed by atoms with Crippen LogP contribution in [0.2, 0.25) is 0 Å². The predicted molar refractivity (Wildman–Crippen MR) is 79.1 cm³/mol. The maximum Gasteiger partial charge on any atom is 0.255 e. The quantitative estimate of drug-likeness (QED) is 0.515. The maximum atomic E-state index is 12.6. The molecule has 5 heteroatoms. The second-order valence-corrected chi connectivity index (χ2v) is 4.54. The van der Waals surface area contributed by atoms with E-state index in [2.05, 4.69) is 0 Å². The zero-order chi connectivity index (χ0) is 15.2. The third kappa shape index (κ3) is 3.27. The molecule has 2 aromatic rings. The summed E-state index contributed by atoms with van der Waals surface area (Å²) in [6.07, 6.45) is 0. The Bertz CT molecular complexity index is 574. The van der Waals surface area contributed by atoms with E-state index in [1.807, 2.05) is 36.4 Å². The minimum absolute atomic E-state index is 0.418. The minimum Gasteiger partial charge on any atom is -0.289 e. The summed E-state index contributed by atoms with van der Waals surface area (Å²) in [5, 5.41) is 8.71. The number of nitrogens with one attached hydrogen (secondary N) is 1. The Hall–Kier alpha value is -2.66. The van der Waals surface area contributed by atoms with Crippen LogP contribution >= 0.6 is 0 Å². The number of carbonyl (C=O) groups is 2. The summed E-state index contributed by atoms with van der Waals surface area (Å²) in [6.45, 7) is 1.45. The molecule has 2 amide bonds. The Morgan fingerprint density at radius 2 is 1.38 bits per heavy atom. The van der Waals surface area contributed by atoms with Gasteiger partial charge in [0.2, 0.25) is 5.91 Å². The highest BCUT2D eigenvalue weighted by Crippen LogP contribution is 2.26. The van der Waals surface area contributed by atoms with Crippen molar-refractivity contribution < 1.29 is 14.8 Å². The van der Waals surface area contributed by atoms with Crippen molar-refractivity contribution in [2.24, 2.45) is 5.92 Å². The lowest BCUT2D eigenvalue weighted by molar-refractivity contribution is -0.138. The smallest absolute Gasteiger partial charge is 0.255 e. The molecule has 0 aliphatic heterocycles. The average Bonchev–Trinajstić information content (AvgIpc) is 2.55. The molecule has 0 bridgehead atoms. The Morgan fingerprint density at radius 3 is 1.76 bits per heavy atom. The van der Waals surface area contributed by atoms with E-state index in [1.54, 1.807) is 24.3 Å². The first-order valence-electron chi connectivity index (χ1n) is 6.53. The molecule has 0 saturated heterocycles. The number of nitrogens with zero attached hydrogens (tertiary/aromatic N) is 1. The van der Waals surface area contributed by atoms with Crippen LogP contribution in [-0.4, -0.2) is 17.0 Å². The van der Waals surface area contributed by atoms with E-state index in [0.29, 0.717) is 11.4 Å². The number of carbonyl (C=O) groups excluding carboxylic acids is 2. The number of para-hydroxylation sites is 2. The first kappa shape index (κ1) is 14.7. The molecule has 21 heavy (non-hydrogen) atoms. The van der Waals surface area contributed by atoms with E-state index in [1.165, 1.54) is 17.3 Å². The highest BCUT2D eigenvalue weighted by Gasteiger charge is 2.28. The zero-order valence-electron chi connectivity index (χ0n) is 11.6. The Balaban J connectivity index is 2.42. The molecular formula is C16H16N2O3. The highest BCUT2D eigenvalue weighted by molar-refractivity contribution is 6.10. The van der Waals surface area contributed by atoms with Gasteiger partial charge < -0.3 is 0 Å². The molecule has 0 fully saturated rings. The normalized spacial score (nSPS) is 11.5. The number of hydroxylamine groups is 1. The third-order valence-electron chi connectivity index (χ3n) is 3.12. The van der Waals surface area contributed by atoms with Crippen LogP contribution in [0.3, 0.4) is 0 Å². The monoisotopic (exact) mass is 284 g/mol. The summed E-state index contributed by atoms with van der Waals surface area (Å²) in [5.74, 6) is -2.16. The van der Waals surface area contributed by atoms with Crippen LogP contribution < -0.4 is 10.4 Å². The molecule has 2 rings (SSSR count). The second-order valence-electron chi connectivity index (χ2n) is 4.54. The standard InChI is InChI=1S/C16H16N2O3/c1-12(15(19)17-21)16(20)18(13-8-4-2-5-9-13)14-10-6-3-7-11-14/h2-12,21H,1H3,(H,17,19). The molecule has 2 N–H and O–H groups in total. The van der Waals surface area contributed by atoms with Gasteiger partial charge in [-0.25, -0.2) is 5.48 Å². The van der Waals surface area contributed by atoms with Crippen LogP contribution in [0, 0.1) is 5.92 Å². The van der Waals surface area contributed by atoms with Crippen molar-refractivity contribution in [2.45, 2.75) is 6.92 Å². The molecule has 2 aromatic carbocycles. The van der Waals surface area contributed by atoms with Gasteiger partial charge in [-0.3, -0.25) is 19.7 Å². The Kier molecular flexibility index (Phi) is 4.68. The molecule has 0 radical (unpaired) electrons. The third-order valence-corrected chi connectivity index (χ3v) is 3.12. The summed E-state index contributed by atoms with van der Waals surface area (Å²) < 4.78 is 0. The summed E-state index contributed by atoms with van der Waals surface area (Å²) in [5.41, 5.74) is 2.83. The number of benzene rings is 2. The molecule has 0 saturated carbocycles. The van der Waals surface area contributed by atoms with Crippen molar-refractivity contribution in [2.75, 3.05) is 4.90 Å². The van der Waals surface area contributed by atoms with Crippen molar-refractivity contribution in [3.8, 4) is 0 Å². The van der Waals surface area contributed by atoms with Gasteiger partial charge in [0, 0.05) is 11.4 Å². The molecule has 0 aliphatic rings. The lowest BCUT2D eigenvalue weighted by atomic mass is 10.1. The van der Waals surface area contributed by atoms with Gasteiger partial charge in [-0.1, -0.05) is 36.4 Å². The highest BCUT2D eigenvalue weighted by atomic mass is 16.5. The number of rotatable bonds is 4. The van der Waals surface area contributed by atoms with E-state index in [0.717, 1.165) is 0 Å². The Labute approximate surface area is 122 Å². The summed E-state index contributed by atoms with van der Waals surface area (Å²) in [7, 11) is 0. The van der Waals surface area contributed by atoms with Crippen molar-refractivity contribution >= 4 is 23.2 Å². The number of hydrogen-bond donors (Lipinski definition) is 2. The predicted octanol–water partition coefficient (Wildman–Crippen LogP) is 2.49. The van der Waals surface area contributed by atoms with Gasteiger partial charge in [-0.05, 0) is 31.2 Å². The maximum absolute atomic E-state index is 12.6. The largest absolute Gasteiger partial charge is 0.289 e. The van der Waals surface area contributed by atoms with Crippen LogP contribution in [0.25, 0.3) is 0 Å². The van der Waals surface area contributed by atoms with Crippen LogP contribution in [-0.2, 0) is 9.59 Å². The second kappa shape index (κ2) is 6.67. The summed E-state index contributed by atoms with van der Waals surface area (Å²) in [6, 6.07) is 18.1.